The maximum absolute atomic E-state index is 11.4. The topological polar surface area (TPSA) is 20.3 Å². The molecular weight excluding hydrogens is 186 g/mol. The molecule has 0 N–H and O–H groups in total. The Balaban J connectivity index is 1.87. The van der Waals surface area contributed by atoms with Crippen LogP contribution in [0.15, 0.2) is 24.3 Å². The van der Waals surface area contributed by atoms with Gasteiger partial charge >= 0.3 is 0 Å². The Morgan fingerprint density at radius 1 is 1.27 bits per heavy atom. The van der Waals surface area contributed by atoms with Crippen molar-refractivity contribution in [2.75, 3.05) is 13.1 Å². The van der Waals surface area contributed by atoms with E-state index in [4.69, 9.17) is 0 Å². The van der Waals surface area contributed by atoms with E-state index in [0.29, 0.717) is 5.91 Å². The van der Waals surface area contributed by atoms with Crippen molar-refractivity contribution in [3.8, 4) is 0 Å². The molecule has 1 aromatic rings. The molecule has 0 spiro atoms. The monoisotopic (exact) mass is 203 g/mol. The van der Waals surface area contributed by atoms with Crippen molar-refractivity contribution in [3.63, 3.8) is 0 Å². The molecule has 0 atom stereocenters. The minimum Gasteiger partial charge on any atom is -0.342 e. The summed E-state index contributed by atoms with van der Waals surface area (Å²) in [4.78, 5) is 13.3. The Bertz CT molecular complexity index is 342. The van der Waals surface area contributed by atoms with E-state index in [9.17, 15) is 4.79 Å². The van der Waals surface area contributed by atoms with Crippen molar-refractivity contribution >= 4 is 5.91 Å². The van der Waals surface area contributed by atoms with Crippen LogP contribution in [0.2, 0.25) is 0 Å². The molecule has 1 aliphatic rings. The van der Waals surface area contributed by atoms with Gasteiger partial charge in [-0.15, -0.1) is 0 Å². The lowest BCUT2D eigenvalue weighted by molar-refractivity contribution is -0.127. The number of hydrogen-bond acceptors (Lipinski definition) is 1. The molecule has 80 valence electrons. The molecule has 15 heavy (non-hydrogen) atoms. The van der Waals surface area contributed by atoms with E-state index in [1.807, 2.05) is 4.90 Å². The zero-order chi connectivity index (χ0) is 10.7. The molecule has 1 amide bonds. The van der Waals surface area contributed by atoms with Crippen molar-refractivity contribution < 1.29 is 4.79 Å². The lowest BCUT2D eigenvalue weighted by Crippen LogP contribution is -2.26. The van der Waals surface area contributed by atoms with Crippen LogP contribution in [0.25, 0.3) is 0 Å². The first-order valence-corrected chi connectivity index (χ1v) is 5.59. The molecule has 1 fully saturated rings. The Labute approximate surface area is 90.9 Å². The highest BCUT2D eigenvalue weighted by atomic mass is 16.2. The standard InChI is InChI=1S/C13H17NO/c1-11-4-6-12(7-5-11)8-10-14-9-2-3-13(14)15/h4-7H,2-3,8-10H2,1H3. The Kier molecular flexibility index (Phi) is 3.05. The first-order chi connectivity index (χ1) is 7.25. The van der Waals surface area contributed by atoms with E-state index in [2.05, 4.69) is 31.2 Å². The van der Waals surface area contributed by atoms with Crippen LogP contribution in [0.1, 0.15) is 24.0 Å². The van der Waals surface area contributed by atoms with E-state index in [-0.39, 0.29) is 0 Å². The first kappa shape index (κ1) is 10.2. The van der Waals surface area contributed by atoms with Crippen LogP contribution < -0.4 is 0 Å². The normalized spacial score (nSPS) is 16.1. The average molecular weight is 203 g/mol. The third kappa shape index (κ3) is 2.58. The number of amides is 1. The van der Waals surface area contributed by atoms with Gasteiger partial charge in [0.25, 0.3) is 0 Å². The van der Waals surface area contributed by atoms with E-state index in [1.165, 1.54) is 11.1 Å². The molecule has 0 radical (unpaired) electrons. The third-order valence-corrected chi connectivity index (χ3v) is 2.96. The van der Waals surface area contributed by atoms with E-state index in [1.54, 1.807) is 0 Å². The molecule has 2 heteroatoms. The van der Waals surface area contributed by atoms with Gasteiger partial charge in [-0.25, -0.2) is 0 Å². The molecule has 0 bridgehead atoms. The number of nitrogens with zero attached hydrogens (tertiary/aromatic N) is 1. The van der Waals surface area contributed by atoms with Crippen LogP contribution >= 0.6 is 0 Å². The minimum absolute atomic E-state index is 0.321. The lowest BCUT2D eigenvalue weighted by Gasteiger charge is -2.15. The molecule has 0 aromatic heterocycles. The first-order valence-electron chi connectivity index (χ1n) is 5.59. The van der Waals surface area contributed by atoms with Crippen LogP contribution in [-0.2, 0) is 11.2 Å². The van der Waals surface area contributed by atoms with Crippen LogP contribution in [0.5, 0.6) is 0 Å². The molecule has 1 saturated heterocycles. The largest absolute Gasteiger partial charge is 0.342 e. The Morgan fingerprint density at radius 3 is 2.60 bits per heavy atom. The second-order valence-corrected chi connectivity index (χ2v) is 4.22. The highest BCUT2D eigenvalue weighted by Gasteiger charge is 2.19. The number of hydrogen-bond donors (Lipinski definition) is 0. The maximum atomic E-state index is 11.4. The summed E-state index contributed by atoms with van der Waals surface area (Å²) < 4.78 is 0. The number of likely N-dealkylation sites (tertiary alicyclic amines) is 1. The zero-order valence-corrected chi connectivity index (χ0v) is 9.20. The number of benzene rings is 1. The summed E-state index contributed by atoms with van der Waals surface area (Å²) in [6.07, 6.45) is 2.76. The molecule has 1 aliphatic heterocycles. The number of carbonyl (C=O) groups is 1. The molecule has 0 unspecified atom stereocenters. The molecule has 1 heterocycles. The smallest absolute Gasteiger partial charge is 0.222 e. The van der Waals surface area contributed by atoms with Gasteiger partial charge in [-0.3, -0.25) is 4.79 Å². The second kappa shape index (κ2) is 4.47. The molecule has 1 aromatic carbocycles. The van der Waals surface area contributed by atoms with Crippen LogP contribution in [0.3, 0.4) is 0 Å². The summed E-state index contributed by atoms with van der Waals surface area (Å²) in [7, 11) is 0. The summed E-state index contributed by atoms with van der Waals surface area (Å²) >= 11 is 0. The minimum atomic E-state index is 0.321. The van der Waals surface area contributed by atoms with Gasteiger partial charge in [0, 0.05) is 19.5 Å². The second-order valence-electron chi connectivity index (χ2n) is 4.22. The molecule has 2 nitrogen and oxygen atoms in total. The van der Waals surface area contributed by atoms with Gasteiger partial charge < -0.3 is 4.90 Å². The van der Waals surface area contributed by atoms with E-state index in [0.717, 1.165) is 32.4 Å². The fourth-order valence-electron chi connectivity index (χ4n) is 1.96. The van der Waals surface area contributed by atoms with Gasteiger partial charge in [-0.2, -0.15) is 0 Å². The average Bonchev–Trinajstić information content (AvgIpc) is 2.63. The number of aryl methyl sites for hydroxylation is 1. The summed E-state index contributed by atoms with van der Waals surface area (Å²) in [5.41, 5.74) is 2.61. The van der Waals surface area contributed by atoms with Crippen LogP contribution in [0, 0.1) is 6.92 Å². The van der Waals surface area contributed by atoms with Gasteiger partial charge in [0.1, 0.15) is 0 Å². The van der Waals surface area contributed by atoms with Gasteiger partial charge in [0.05, 0.1) is 0 Å². The summed E-state index contributed by atoms with van der Waals surface area (Å²) in [6.45, 7) is 3.92. The maximum Gasteiger partial charge on any atom is 0.222 e. The van der Waals surface area contributed by atoms with E-state index < -0.39 is 0 Å². The van der Waals surface area contributed by atoms with Gasteiger partial charge in [-0.1, -0.05) is 29.8 Å². The lowest BCUT2D eigenvalue weighted by atomic mass is 10.1. The summed E-state index contributed by atoms with van der Waals surface area (Å²) in [5.74, 6) is 0.321. The number of carbonyl (C=O) groups excluding carboxylic acids is 1. The quantitative estimate of drug-likeness (QED) is 0.737. The van der Waals surface area contributed by atoms with Gasteiger partial charge in [0.2, 0.25) is 5.91 Å². The summed E-state index contributed by atoms with van der Waals surface area (Å²) in [5, 5.41) is 0. The highest BCUT2D eigenvalue weighted by molar-refractivity contribution is 5.78. The Hall–Kier alpha value is -1.31. The summed E-state index contributed by atoms with van der Waals surface area (Å²) in [6, 6.07) is 8.55. The van der Waals surface area contributed by atoms with Crippen molar-refractivity contribution in [3.05, 3.63) is 35.4 Å². The van der Waals surface area contributed by atoms with Crippen LogP contribution in [0.4, 0.5) is 0 Å². The predicted octanol–water partition coefficient (Wildman–Crippen LogP) is 2.16. The number of rotatable bonds is 3. The highest BCUT2D eigenvalue weighted by Crippen LogP contribution is 2.11. The van der Waals surface area contributed by atoms with Crippen molar-refractivity contribution in [2.24, 2.45) is 0 Å². The van der Waals surface area contributed by atoms with Crippen molar-refractivity contribution in [1.82, 2.24) is 4.90 Å². The molecule has 2 rings (SSSR count). The van der Waals surface area contributed by atoms with Crippen molar-refractivity contribution in [2.45, 2.75) is 26.2 Å². The fourth-order valence-corrected chi connectivity index (χ4v) is 1.96. The fraction of sp³-hybridized carbons (Fsp3) is 0.462. The van der Waals surface area contributed by atoms with Gasteiger partial charge in [-0.05, 0) is 25.3 Å². The Morgan fingerprint density at radius 2 is 2.00 bits per heavy atom. The molecule has 0 aliphatic carbocycles. The van der Waals surface area contributed by atoms with Gasteiger partial charge in [0.15, 0.2) is 0 Å². The molecular formula is C13H17NO. The van der Waals surface area contributed by atoms with E-state index >= 15 is 0 Å². The van der Waals surface area contributed by atoms with Crippen molar-refractivity contribution in [1.29, 1.82) is 0 Å². The zero-order valence-electron chi connectivity index (χ0n) is 9.20. The SMILES string of the molecule is Cc1ccc(CCN2CCCC2=O)cc1. The van der Waals surface area contributed by atoms with Crippen LogP contribution in [-0.4, -0.2) is 23.9 Å². The molecule has 0 saturated carbocycles. The predicted molar refractivity (Wildman–Crippen MR) is 60.7 cm³/mol. The third-order valence-electron chi connectivity index (χ3n) is 2.96.